The monoisotopic (exact) mass is 224 g/mol. The maximum Gasteiger partial charge on any atom is 0.200 e. The molecular formula is C11H10F2N2O. The normalized spacial score (nSPS) is 10.5. The van der Waals surface area contributed by atoms with Crippen LogP contribution in [0.3, 0.4) is 0 Å². The van der Waals surface area contributed by atoms with Crippen molar-refractivity contribution in [3.63, 3.8) is 0 Å². The Balaban J connectivity index is 2.54. The van der Waals surface area contributed by atoms with Crippen LogP contribution in [-0.2, 0) is 0 Å². The van der Waals surface area contributed by atoms with E-state index >= 15 is 0 Å². The number of methoxy groups -OCH3 is 1. The summed E-state index contributed by atoms with van der Waals surface area (Å²) in [6, 6.07) is 2.48. The quantitative estimate of drug-likeness (QED) is 0.851. The van der Waals surface area contributed by atoms with Crippen LogP contribution in [0.15, 0.2) is 18.3 Å². The van der Waals surface area contributed by atoms with Crippen LogP contribution < -0.4 is 4.74 Å². The first-order valence-corrected chi connectivity index (χ1v) is 4.67. The van der Waals surface area contributed by atoms with Gasteiger partial charge in [0, 0.05) is 17.5 Å². The minimum atomic E-state index is -0.991. The lowest BCUT2D eigenvalue weighted by Crippen LogP contribution is -1.94. The Hall–Kier alpha value is -1.91. The van der Waals surface area contributed by atoms with Crippen molar-refractivity contribution in [2.75, 3.05) is 7.11 Å². The van der Waals surface area contributed by atoms with Crippen molar-refractivity contribution in [2.24, 2.45) is 0 Å². The SMILES string of the molecule is COc1cc(-c2ncc(C)[nH]2)cc(F)c1F. The van der Waals surface area contributed by atoms with Crippen LogP contribution in [0.5, 0.6) is 5.75 Å². The van der Waals surface area contributed by atoms with Gasteiger partial charge in [-0.05, 0) is 19.1 Å². The number of imidazole rings is 1. The van der Waals surface area contributed by atoms with E-state index in [0.717, 1.165) is 11.8 Å². The van der Waals surface area contributed by atoms with Crippen molar-refractivity contribution in [2.45, 2.75) is 6.92 Å². The minimum Gasteiger partial charge on any atom is -0.494 e. The van der Waals surface area contributed by atoms with E-state index in [9.17, 15) is 8.78 Å². The molecule has 0 saturated carbocycles. The highest BCUT2D eigenvalue weighted by molar-refractivity contribution is 5.58. The predicted octanol–water partition coefficient (Wildman–Crippen LogP) is 2.67. The molecule has 0 aliphatic rings. The molecule has 0 aliphatic heterocycles. The van der Waals surface area contributed by atoms with E-state index in [2.05, 4.69) is 9.97 Å². The fourth-order valence-electron chi connectivity index (χ4n) is 1.41. The van der Waals surface area contributed by atoms with Crippen molar-refractivity contribution in [3.8, 4) is 17.1 Å². The summed E-state index contributed by atoms with van der Waals surface area (Å²) >= 11 is 0. The van der Waals surface area contributed by atoms with Crippen molar-refractivity contribution < 1.29 is 13.5 Å². The molecule has 0 saturated heterocycles. The van der Waals surface area contributed by atoms with Crippen molar-refractivity contribution in [1.82, 2.24) is 9.97 Å². The first-order valence-electron chi connectivity index (χ1n) is 4.67. The van der Waals surface area contributed by atoms with E-state index in [-0.39, 0.29) is 5.75 Å². The molecule has 0 atom stereocenters. The van der Waals surface area contributed by atoms with Gasteiger partial charge >= 0.3 is 0 Å². The molecular weight excluding hydrogens is 214 g/mol. The van der Waals surface area contributed by atoms with Crippen molar-refractivity contribution in [3.05, 3.63) is 35.7 Å². The number of rotatable bonds is 2. The van der Waals surface area contributed by atoms with Crippen LogP contribution in [-0.4, -0.2) is 17.1 Å². The summed E-state index contributed by atoms with van der Waals surface area (Å²) in [7, 11) is 1.29. The number of aromatic nitrogens is 2. The number of ether oxygens (including phenoxy) is 1. The average Bonchev–Trinajstić information content (AvgIpc) is 2.69. The second kappa shape index (κ2) is 3.92. The molecule has 0 amide bonds. The minimum absolute atomic E-state index is 0.135. The van der Waals surface area contributed by atoms with E-state index in [0.29, 0.717) is 11.4 Å². The molecule has 1 aromatic carbocycles. The first-order chi connectivity index (χ1) is 7.61. The molecule has 3 nitrogen and oxygen atoms in total. The largest absolute Gasteiger partial charge is 0.494 e. The summed E-state index contributed by atoms with van der Waals surface area (Å²) in [4.78, 5) is 6.97. The molecule has 1 N–H and O–H groups in total. The second-order valence-electron chi connectivity index (χ2n) is 3.39. The molecule has 0 unspecified atom stereocenters. The van der Waals surface area contributed by atoms with Crippen LogP contribution >= 0.6 is 0 Å². The van der Waals surface area contributed by atoms with Crippen molar-refractivity contribution in [1.29, 1.82) is 0 Å². The van der Waals surface area contributed by atoms with Gasteiger partial charge in [0.15, 0.2) is 11.6 Å². The summed E-state index contributed by atoms with van der Waals surface area (Å²) in [6.45, 7) is 1.83. The van der Waals surface area contributed by atoms with Gasteiger partial charge in [-0.2, -0.15) is 4.39 Å². The Morgan fingerprint density at radius 3 is 2.62 bits per heavy atom. The molecule has 1 heterocycles. The molecule has 16 heavy (non-hydrogen) atoms. The molecule has 84 valence electrons. The Morgan fingerprint density at radius 2 is 2.06 bits per heavy atom. The lowest BCUT2D eigenvalue weighted by molar-refractivity contribution is 0.372. The number of aryl methyl sites for hydroxylation is 1. The van der Waals surface area contributed by atoms with Gasteiger partial charge in [0.05, 0.1) is 7.11 Å². The number of hydrogen-bond acceptors (Lipinski definition) is 2. The van der Waals surface area contributed by atoms with Gasteiger partial charge in [-0.15, -0.1) is 0 Å². The highest BCUT2D eigenvalue weighted by atomic mass is 19.2. The highest BCUT2D eigenvalue weighted by Gasteiger charge is 2.13. The van der Waals surface area contributed by atoms with Crippen LogP contribution in [0.4, 0.5) is 8.78 Å². The number of nitrogens with one attached hydrogen (secondary N) is 1. The smallest absolute Gasteiger partial charge is 0.200 e. The third-order valence-corrected chi connectivity index (χ3v) is 2.19. The van der Waals surface area contributed by atoms with E-state index < -0.39 is 11.6 Å². The van der Waals surface area contributed by atoms with E-state index in [1.54, 1.807) is 6.20 Å². The Labute approximate surface area is 91.1 Å². The Bertz CT molecular complexity index is 523. The molecule has 2 rings (SSSR count). The third kappa shape index (κ3) is 1.76. The molecule has 2 aromatic rings. The molecule has 0 fully saturated rings. The molecule has 5 heteroatoms. The zero-order valence-corrected chi connectivity index (χ0v) is 8.84. The van der Waals surface area contributed by atoms with E-state index in [1.807, 2.05) is 6.92 Å². The first kappa shape index (κ1) is 10.6. The maximum absolute atomic E-state index is 13.2. The highest BCUT2D eigenvalue weighted by Crippen LogP contribution is 2.26. The zero-order valence-electron chi connectivity index (χ0n) is 8.84. The molecule has 0 spiro atoms. The molecule has 0 aliphatic carbocycles. The fourth-order valence-corrected chi connectivity index (χ4v) is 1.41. The number of benzene rings is 1. The van der Waals surface area contributed by atoms with Crippen LogP contribution in [0.25, 0.3) is 11.4 Å². The number of hydrogen-bond donors (Lipinski definition) is 1. The lowest BCUT2D eigenvalue weighted by Gasteiger charge is -2.05. The van der Waals surface area contributed by atoms with Gasteiger partial charge in [0.25, 0.3) is 0 Å². The standard InChI is InChI=1S/C11H10F2N2O/c1-6-5-14-11(15-6)7-3-8(12)10(13)9(4-7)16-2/h3-5H,1-2H3,(H,14,15). The maximum atomic E-state index is 13.2. The van der Waals surface area contributed by atoms with E-state index in [4.69, 9.17) is 4.74 Å². The van der Waals surface area contributed by atoms with Gasteiger partial charge < -0.3 is 9.72 Å². The fraction of sp³-hybridized carbons (Fsp3) is 0.182. The molecule has 0 radical (unpaired) electrons. The number of nitrogens with zero attached hydrogens (tertiary/aromatic N) is 1. The van der Waals surface area contributed by atoms with Gasteiger partial charge in [0.2, 0.25) is 5.82 Å². The van der Waals surface area contributed by atoms with Gasteiger partial charge in [0.1, 0.15) is 5.82 Å². The van der Waals surface area contributed by atoms with E-state index in [1.165, 1.54) is 13.2 Å². The number of aromatic amines is 1. The van der Waals surface area contributed by atoms with Gasteiger partial charge in [-0.1, -0.05) is 0 Å². The topological polar surface area (TPSA) is 37.9 Å². The number of halogens is 2. The molecule has 0 bridgehead atoms. The van der Waals surface area contributed by atoms with Crippen molar-refractivity contribution >= 4 is 0 Å². The average molecular weight is 224 g/mol. The summed E-state index contributed by atoms with van der Waals surface area (Å²) in [5.74, 6) is -1.60. The van der Waals surface area contributed by atoms with Gasteiger partial charge in [-0.3, -0.25) is 0 Å². The predicted molar refractivity (Wildman–Crippen MR) is 55.2 cm³/mol. The Morgan fingerprint density at radius 1 is 1.31 bits per heavy atom. The Kier molecular flexibility index (Phi) is 2.60. The molecule has 1 aromatic heterocycles. The summed E-state index contributed by atoms with van der Waals surface area (Å²) in [6.07, 6.45) is 1.61. The second-order valence-corrected chi connectivity index (χ2v) is 3.39. The summed E-state index contributed by atoms with van der Waals surface area (Å²) in [5.41, 5.74) is 1.29. The summed E-state index contributed by atoms with van der Waals surface area (Å²) < 4.78 is 31.1. The summed E-state index contributed by atoms with van der Waals surface area (Å²) in [5, 5.41) is 0. The lowest BCUT2D eigenvalue weighted by atomic mass is 10.2. The van der Waals surface area contributed by atoms with Crippen LogP contribution in [0.2, 0.25) is 0 Å². The number of H-pyrrole nitrogens is 1. The third-order valence-electron chi connectivity index (χ3n) is 2.19. The van der Waals surface area contributed by atoms with Crippen LogP contribution in [0.1, 0.15) is 5.69 Å². The van der Waals surface area contributed by atoms with Crippen LogP contribution in [0, 0.1) is 18.6 Å². The zero-order chi connectivity index (χ0) is 11.7. The van der Waals surface area contributed by atoms with Gasteiger partial charge in [-0.25, -0.2) is 9.37 Å².